The Bertz CT molecular complexity index is 372. The van der Waals surface area contributed by atoms with Crippen LogP contribution in [-0.2, 0) is 4.79 Å². The molecule has 0 radical (unpaired) electrons. The van der Waals surface area contributed by atoms with Crippen molar-refractivity contribution in [3.63, 3.8) is 0 Å². The van der Waals surface area contributed by atoms with Gasteiger partial charge in [0.1, 0.15) is 5.75 Å². The second-order valence-electron chi connectivity index (χ2n) is 3.57. The van der Waals surface area contributed by atoms with Gasteiger partial charge in [0.25, 0.3) is 5.91 Å². The minimum Gasteiger partial charge on any atom is -0.484 e. The summed E-state index contributed by atoms with van der Waals surface area (Å²) in [5, 5.41) is 0. The number of nitrogen functional groups attached to an aromatic ring is 1. The van der Waals surface area contributed by atoms with E-state index in [1.54, 1.807) is 23.1 Å². The Hall–Kier alpha value is -1.23. The van der Waals surface area contributed by atoms with E-state index >= 15 is 0 Å². The van der Waals surface area contributed by atoms with Gasteiger partial charge in [-0.3, -0.25) is 4.79 Å². The molecule has 2 N–H and O–H groups in total. The highest BCUT2D eigenvalue weighted by atomic mass is 79.9. The van der Waals surface area contributed by atoms with Gasteiger partial charge in [-0.25, -0.2) is 0 Å². The van der Waals surface area contributed by atoms with Gasteiger partial charge in [0.15, 0.2) is 6.61 Å². The van der Waals surface area contributed by atoms with Crippen molar-refractivity contribution in [1.29, 1.82) is 0 Å². The Balaban J connectivity index is 2.58. The minimum atomic E-state index is -0.0199. The highest BCUT2D eigenvalue weighted by Gasteiger charge is 2.10. The first-order valence-electron chi connectivity index (χ1n) is 5.53. The Morgan fingerprint density at radius 3 is 2.53 bits per heavy atom. The topological polar surface area (TPSA) is 55.6 Å². The molecule has 1 rings (SSSR count). The molecule has 0 aliphatic rings. The van der Waals surface area contributed by atoms with E-state index in [0.29, 0.717) is 24.5 Å². The third kappa shape index (κ3) is 4.26. The zero-order chi connectivity index (χ0) is 12.8. The van der Waals surface area contributed by atoms with Crippen molar-refractivity contribution in [2.45, 2.75) is 13.8 Å². The number of nitrogens with two attached hydrogens (primary N) is 1. The first-order chi connectivity index (χ1) is 8.06. The quantitative estimate of drug-likeness (QED) is 0.849. The van der Waals surface area contributed by atoms with E-state index in [1.807, 2.05) is 13.8 Å². The lowest BCUT2D eigenvalue weighted by Gasteiger charge is -2.18. The van der Waals surface area contributed by atoms with Gasteiger partial charge in [0, 0.05) is 29.3 Å². The summed E-state index contributed by atoms with van der Waals surface area (Å²) in [5.74, 6) is 0.575. The number of carbonyl (C=O) groups excluding carboxylic acids is 1. The Morgan fingerprint density at radius 2 is 2.00 bits per heavy atom. The normalized spacial score (nSPS) is 10.1. The summed E-state index contributed by atoms with van der Waals surface area (Å²) in [7, 11) is 0. The molecule has 0 saturated heterocycles. The highest BCUT2D eigenvalue weighted by molar-refractivity contribution is 9.10. The predicted molar refractivity (Wildman–Crippen MR) is 72.0 cm³/mol. The van der Waals surface area contributed by atoms with Crippen LogP contribution in [0.4, 0.5) is 5.69 Å². The lowest BCUT2D eigenvalue weighted by molar-refractivity contribution is -0.132. The van der Waals surface area contributed by atoms with E-state index in [1.165, 1.54) is 0 Å². The van der Waals surface area contributed by atoms with E-state index in [4.69, 9.17) is 10.5 Å². The number of hydrogen-bond donors (Lipinski definition) is 1. The number of halogens is 1. The fourth-order valence-corrected chi connectivity index (χ4v) is 1.97. The number of nitrogens with zero attached hydrogens (tertiary/aromatic N) is 1. The lowest BCUT2D eigenvalue weighted by atomic mass is 10.3. The molecule has 0 fully saturated rings. The van der Waals surface area contributed by atoms with Crippen molar-refractivity contribution in [2.24, 2.45) is 0 Å². The van der Waals surface area contributed by atoms with Crippen molar-refractivity contribution < 1.29 is 9.53 Å². The number of hydrogen-bond acceptors (Lipinski definition) is 3. The van der Waals surface area contributed by atoms with Gasteiger partial charge in [0.05, 0.1) is 0 Å². The van der Waals surface area contributed by atoms with Gasteiger partial charge >= 0.3 is 0 Å². The van der Waals surface area contributed by atoms with Crippen LogP contribution in [0.2, 0.25) is 0 Å². The second kappa shape index (κ2) is 6.49. The van der Waals surface area contributed by atoms with E-state index in [9.17, 15) is 4.79 Å². The molecule has 1 amide bonds. The van der Waals surface area contributed by atoms with E-state index in [2.05, 4.69) is 15.9 Å². The Labute approximate surface area is 110 Å². The first kappa shape index (κ1) is 13.8. The van der Waals surface area contributed by atoms with Crippen molar-refractivity contribution in [3.8, 4) is 5.75 Å². The van der Waals surface area contributed by atoms with Crippen LogP contribution in [0.25, 0.3) is 0 Å². The molecule has 1 aromatic rings. The highest BCUT2D eigenvalue weighted by Crippen LogP contribution is 2.22. The number of anilines is 1. The average molecular weight is 301 g/mol. The van der Waals surface area contributed by atoms with Crippen molar-refractivity contribution in [2.75, 3.05) is 25.4 Å². The molecular weight excluding hydrogens is 284 g/mol. The summed E-state index contributed by atoms with van der Waals surface area (Å²) >= 11 is 3.32. The van der Waals surface area contributed by atoms with Crippen LogP contribution in [-0.4, -0.2) is 30.5 Å². The molecule has 0 bridgehead atoms. The maximum Gasteiger partial charge on any atom is 0.260 e. The summed E-state index contributed by atoms with van der Waals surface area (Å²) in [6.07, 6.45) is 0. The van der Waals surface area contributed by atoms with Crippen molar-refractivity contribution >= 4 is 27.5 Å². The van der Waals surface area contributed by atoms with Gasteiger partial charge < -0.3 is 15.4 Å². The molecular formula is C12H17BrN2O2. The molecule has 1 aromatic carbocycles. The standard InChI is InChI=1S/C12H17BrN2O2/c1-3-15(4-2)12(16)8-17-11-6-9(13)5-10(14)7-11/h5-7H,3-4,8,14H2,1-2H3. The van der Waals surface area contributed by atoms with Gasteiger partial charge in [-0.15, -0.1) is 0 Å². The third-order valence-electron chi connectivity index (χ3n) is 2.37. The zero-order valence-corrected chi connectivity index (χ0v) is 11.7. The molecule has 0 heterocycles. The summed E-state index contributed by atoms with van der Waals surface area (Å²) in [6, 6.07) is 5.26. The lowest BCUT2D eigenvalue weighted by Crippen LogP contribution is -2.34. The molecule has 0 aliphatic carbocycles. The van der Waals surface area contributed by atoms with Crippen LogP contribution in [0.15, 0.2) is 22.7 Å². The van der Waals surface area contributed by atoms with Gasteiger partial charge in [0.2, 0.25) is 0 Å². The molecule has 0 spiro atoms. The predicted octanol–water partition coefficient (Wildman–Crippen LogP) is 2.28. The van der Waals surface area contributed by atoms with E-state index < -0.39 is 0 Å². The molecule has 0 atom stereocenters. The number of ether oxygens (including phenoxy) is 1. The monoisotopic (exact) mass is 300 g/mol. The third-order valence-corrected chi connectivity index (χ3v) is 2.83. The number of likely N-dealkylation sites (N-methyl/N-ethyl adjacent to an activating group) is 1. The summed E-state index contributed by atoms with van der Waals surface area (Å²) in [4.78, 5) is 13.4. The summed E-state index contributed by atoms with van der Waals surface area (Å²) < 4.78 is 6.25. The van der Waals surface area contributed by atoms with Crippen LogP contribution < -0.4 is 10.5 Å². The second-order valence-corrected chi connectivity index (χ2v) is 4.49. The largest absolute Gasteiger partial charge is 0.484 e. The number of rotatable bonds is 5. The molecule has 0 aliphatic heterocycles. The summed E-state index contributed by atoms with van der Waals surface area (Å²) in [5.41, 5.74) is 6.27. The molecule has 0 aromatic heterocycles. The fraction of sp³-hybridized carbons (Fsp3) is 0.417. The minimum absolute atomic E-state index is 0.0199. The molecule has 5 heteroatoms. The molecule has 0 unspecified atom stereocenters. The number of benzene rings is 1. The Kier molecular flexibility index (Phi) is 5.28. The van der Waals surface area contributed by atoms with Gasteiger partial charge in [-0.1, -0.05) is 15.9 Å². The molecule has 94 valence electrons. The van der Waals surface area contributed by atoms with Crippen LogP contribution in [0.5, 0.6) is 5.75 Å². The number of carbonyl (C=O) groups is 1. The number of amides is 1. The van der Waals surface area contributed by atoms with Crippen LogP contribution >= 0.6 is 15.9 Å². The maximum absolute atomic E-state index is 11.7. The van der Waals surface area contributed by atoms with E-state index in [0.717, 1.165) is 4.47 Å². The van der Waals surface area contributed by atoms with E-state index in [-0.39, 0.29) is 12.5 Å². The molecule has 0 saturated carbocycles. The van der Waals surface area contributed by atoms with Crippen LogP contribution in [0, 0.1) is 0 Å². The van der Waals surface area contributed by atoms with Crippen LogP contribution in [0.1, 0.15) is 13.8 Å². The van der Waals surface area contributed by atoms with Crippen LogP contribution in [0.3, 0.4) is 0 Å². The van der Waals surface area contributed by atoms with Crippen molar-refractivity contribution in [1.82, 2.24) is 4.90 Å². The Morgan fingerprint density at radius 1 is 1.35 bits per heavy atom. The van der Waals surface area contributed by atoms with Gasteiger partial charge in [-0.05, 0) is 26.0 Å². The smallest absolute Gasteiger partial charge is 0.260 e. The zero-order valence-electron chi connectivity index (χ0n) is 10.1. The first-order valence-corrected chi connectivity index (χ1v) is 6.32. The maximum atomic E-state index is 11.7. The molecule has 4 nitrogen and oxygen atoms in total. The summed E-state index contributed by atoms with van der Waals surface area (Å²) in [6.45, 7) is 5.31. The fourth-order valence-electron chi connectivity index (χ4n) is 1.48. The molecule has 17 heavy (non-hydrogen) atoms. The SMILES string of the molecule is CCN(CC)C(=O)COc1cc(N)cc(Br)c1. The van der Waals surface area contributed by atoms with Gasteiger partial charge in [-0.2, -0.15) is 0 Å². The van der Waals surface area contributed by atoms with Crippen molar-refractivity contribution in [3.05, 3.63) is 22.7 Å². The average Bonchev–Trinajstić information content (AvgIpc) is 2.27.